The third-order valence-corrected chi connectivity index (χ3v) is 5.26. The highest BCUT2D eigenvalue weighted by molar-refractivity contribution is 5.79. The average molecular weight is 375 g/mol. The van der Waals surface area contributed by atoms with E-state index in [0.29, 0.717) is 19.7 Å². The second kappa shape index (κ2) is 8.40. The Labute approximate surface area is 165 Å². The van der Waals surface area contributed by atoms with Gasteiger partial charge in [0.1, 0.15) is 6.10 Å². The van der Waals surface area contributed by atoms with Crippen LogP contribution in [-0.2, 0) is 22.6 Å². The number of hydrogen-bond donors (Lipinski definition) is 0. The standard InChI is InChI=1S/C23H25N3O2/c1-25(16-18-8-4-2-5-9-18)23(27)20-13-15-28-22(20)21-12-14-24-26(21)17-19-10-6-3-7-11-19/h2-12,14,20,22H,13,15-17H2,1H3/t20-,22-/m0/s1. The Morgan fingerprint density at radius 1 is 1.07 bits per heavy atom. The molecule has 1 aliphatic heterocycles. The van der Waals surface area contributed by atoms with Crippen molar-refractivity contribution in [1.29, 1.82) is 0 Å². The molecule has 2 heterocycles. The van der Waals surface area contributed by atoms with E-state index in [1.54, 1.807) is 11.1 Å². The molecule has 3 aromatic rings. The third kappa shape index (κ3) is 3.99. The summed E-state index contributed by atoms with van der Waals surface area (Å²) in [6.07, 6.45) is 2.27. The third-order valence-electron chi connectivity index (χ3n) is 5.26. The normalized spacial score (nSPS) is 18.9. The van der Waals surface area contributed by atoms with E-state index >= 15 is 0 Å². The molecule has 5 heteroatoms. The van der Waals surface area contributed by atoms with E-state index in [9.17, 15) is 4.79 Å². The lowest BCUT2D eigenvalue weighted by Gasteiger charge is -2.25. The molecule has 2 atom stereocenters. The van der Waals surface area contributed by atoms with Crippen molar-refractivity contribution in [2.75, 3.05) is 13.7 Å². The van der Waals surface area contributed by atoms with E-state index in [1.807, 2.05) is 66.3 Å². The first-order chi connectivity index (χ1) is 13.7. The fourth-order valence-corrected chi connectivity index (χ4v) is 3.83. The number of carbonyl (C=O) groups excluding carboxylic acids is 1. The number of hydrogen-bond acceptors (Lipinski definition) is 3. The first-order valence-corrected chi connectivity index (χ1v) is 9.68. The molecule has 1 amide bonds. The van der Waals surface area contributed by atoms with E-state index < -0.39 is 0 Å². The highest BCUT2D eigenvalue weighted by atomic mass is 16.5. The maximum absolute atomic E-state index is 13.1. The first kappa shape index (κ1) is 18.4. The Hall–Kier alpha value is -2.92. The summed E-state index contributed by atoms with van der Waals surface area (Å²) < 4.78 is 7.95. The summed E-state index contributed by atoms with van der Waals surface area (Å²) in [7, 11) is 1.87. The Bertz CT molecular complexity index is 908. The minimum atomic E-state index is -0.253. The number of aromatic nitrogens is 2. The summed E-state index contributed by atoms with van der Waals surface area (Å²) in [5.41, 5.74) is 3.27. The molecule has 0 unspecified atom stereocenters. The van der Waals surface area contributed by atoms with Crippen molar-refractivity contribution in [3.63, 3.8) is 0 Å². The van der Waals surface area contributed by atoms with Gasteiger partial charge in [-0.1, -0.05) is 60.7 Å². The molecular weight excluding hydrogens is 350 g/mol. The fourth-order valence-electron chi connectivity index (χ4n) is 3.83. The van der Waals surface area contributed by atoms with E-state index in [0.717, 1.165) is 17.7 Å². The van der Waals surface area contributed by atoms with Crippen LogP contribution in [0.2, 0.25) is 0 Å². The van der Waals surface area contributed by atoms with Crippen LogP contribution in [-0.4, -0.2) is 34.2 Å². The average Bonchev–Trinajstić information content (AvgIpc) is 3.38. The molecule has 4 rings (SSSR count). The van der Waals surface area contributed by atoms with Gasteiger partial charge in [0.15, 0.2) is 0 Å². The van der Waals surface area contributed by atoms with Crippen LogP contribution in [0.15, 0.2) is 72.9 Å². The summed E-state index contributed by atoms with van der Waals surface area (Å²) in [6, 6.07) is 22.2. The van der Waals surface area contributed by atoms with E-state index in [1.165, 1.54) is 5.56 Å². The predicted octanol–water partition coefficient (Wildman–Crippen LogP) is 3.67. The van der Waals surface area contributed by atoms with Crippen LogP contribution in [0.1, 0.15) is 29.3 Å². The van der Waals surface area contributed by atoms with E-state index in [2.05, 4.69) is 17.2 Å². The zero-order valence-electron chi connectivity index (χ0n) is 16.1. The summed E-state index contributed by atoms with van der Waals surface area (Å²) in [6.45, 7) is 1.87. The molecule has 1 saturated heterocycles. The Kier molecular flexibility index (Phi) is 5.53. The van der Waals surface area contributed by atoms with Crippen molar-refractivity contribution >= 4 is 5.91 Å². The van der Waals surface area contributed by atoms with Crippen molar-refractivity contribution in [3.05, 3.63) is 89.7 Å². The summed E-state index contributed by atoms with van der Waals surface area (Å²) in [5.74, 6) is -0.0567. The van der Waals surface area contributed by atoms with Gasteiger partial charge in [-0.25, -0.2) is 0 Å². The molecule has 0 saturated carbocycles. The van der Waals surface area contributed by atoms with Crippen molar-refractivity contribution in [3.8, 4) is 0 Å². The quantitative estimate of drug-likeness (QED) is 0.660. The molecule has 0 spiro atoms. The second-order valence-electron chi connectivity index (χ2n) is 7.27. The van der Waals surface area contributed by atoms with Gasteiger partial charge in [-0.2, -0.15) is 5.10 Å². The summed E-state index contributed by atoms with van der Waals surface area (Å²) in [5, 5.41) is 4.47. The smallest absolute Gasteiger partial charge is 0.228 e. The zero-order chi connectivity index (χ0) is 19.3. The van der Waals surface area contributed by atoms with Crippen molar-refractivity contribution < 1.29 is 9.53 Å². The van der Waals surface area contributed by atoms with Crippen LogP contribution >= 0.6 is 0 Å². The number of ether oxygens (including phenoxy) is 1. The molecule has 0 aliphatic carbocycles. The largest absolute Gasteiger partial charge is 0.371 e. The second-order valence-corrected chi connectivity index (χ2v) is 7.27. The lowest BCUT2D eigenvalue weighted by Crippen LogP contribution is -2.34. The molecule has 28 heavy (non-hydrogen) atoms. The molecule has 5 nitrogen and oxygen atoms in total. The Balaban J connectivity index is 1.49. The topological polar surface area (TPSA) is 47.4 Å². The van der Waals surface area contributed by atoms with E-state index in [4.69, 9.17) is 4.74 Å². The van der Waals surface area contributed by atoms with Gasteiger partial charge in [0.2, 0.25) is 5.91 Å². The van der Waals surface area contributed by atoms with Crippen molar-refractivity contribution in [2.24, 2.45) is 5.92 Å². The number of benzene rings is 2. The van der Waals surface area contributed by atoms with Crippen LogP contribution in [0.4, 0.5) is 0 Å². The number of rotatable bonds is 6. The van der Waals surface area contributed by atoms with Gasteiger partial charge < -0.3 is 9.64 Å². The maximum atomic E-state index is 13.1. The zero-order valence-corrected chi connectivity index (χ0v) is 16.1. The van der Waals surface area contributed by atoms with Gasteiger partial charge in [-0.05, 0) is 23.6 Å². The Morgan fingerprint density at radius 3 is 2.46 bits per heavy atom. The maximum Gasteiger partial charge on any atom is 0.228 e. The highest BCUT2D eigenvalue weighted by Gasteiger charge is 2.38. The summed E-state index contributed by atoms with van der Waals surface area (Å²) >= 11 is 0. The molecule has 0 N–H and O–H groups in total. The number of carbonyl (C=O) groups is 1. The lowest BCUT2D eigenvalue weighted by atomic mass is 9.97. The van der Waals surface area contributed by atoms with Gasteiger partial charge in [0.05, 0.1) is 18.2 Å². The fraction of sp³-hybridized carbons (Fsp3) is 0.304. The van der Waals surface area contributed by atoms with Gasteiger partial charge in [-0.3, -0.25) is 9.48 Å². The molecule has 144 valence electrons. The van der Waals surface area contributed by atoms with E-state index in [-0.39, 0.29) is 17.9 Å². The molecule has 0 radical (unpaired) electrons. The minimum absolute atomic E-state index is 0.124. The first-order valence-electron chi connectivity index (χ1n) is 9.68. The molecule has 1 aliphatic rings. The number of amides is 1. The Morgan fingerprint density at radius 2 is 1.75 bits per heavy atom. The summed E-state index contributed by atoms with van der Waals surface area (Å²) in [4.78, 5) is 14.9. The van der Waals surface area contributed by atoms with Crippen molar-refractivity contribution in [2.45, 2.75) is 25.6 Å². The van der Waals surface area contributed by atoms with Crippen LogP contribution in [0.25, 0.3) is 0 Å². The molecular formula is C23H25N3O2. The van der Waals surface area contributed by atoms with Crippen LogP contribution in [0, 0.1) is 5.92 Å². The van der Waals surface area contributed by atoms with Gasteiger partial charge in [0, 0.05) is 26.4 Å². The molecule has 2 aromatic carbocycles. The lowest BCUT2D eigenvalue weighted by molar-refractivity contribution is -0.136. The molecule has 0 bridgehead atoms. The van der Waals surface area contributed by atoms with Gasteiger partial charge >= 0.3 is 0 Å². The highest BCUT2D eigenvalue weighted by Crippen LogP contribution is 2.36. The SMILES string of the molecule is CN(Cc1ccccc1)C(=O)[C@H]1CCO[C@@H]1c1ccnn1Cc1ccccc1. The van der Waals surface area contributed by atoms with Crippen LogP contribution in [0.5, 0.6) is 0 Å². The minimum Gasteiger partial charge on any atom is -0.371 e. The molecule has 1 fully saturated rings. The van der Waals surface area contributed by atoms with Gasteiger partial charge in [-0.15, -0.1) is 0 Å². The number of nitrogens with zero attached hydrogens (tertiary/aromatic N) is 3. The predicted molar refractivity (Wildman–Crippen MR) is 107 cm³/mol. The molecule has 1 aromatic heterocycles. The van der Waals surface area contributed by atoms with Crippen LogP contribution in [0.3, 0.4) is 0 Å². The van der Waals surface area contributed by atoms with Crippen molar-refractivity contribution in [1.82, 2.24) is 14.7 Å². The monoisotopic (exact) mass is 375 g/mol. The van der Waals surface area contributed by atoms with Crippen LogP contribution < -0.4 is 0 Å². The van der Waals surface area contributed by atoms with Gasteiger partial charge in [0.25, 0.3) is 0 Å².